The van der Waals surface area contributed by atoms with Gasteiger partial charge in [0.15, 0.2) is 0 Å². The van der Waals surface area contributed by atoms with Crippen LogP contribution in [0.5, 0.6) is 5.75 Å². The molecule has 0 saturated heterocycles. The number of amides is 2. The molecular weight excluding hydrogens is 268 g/mol. The van der Waals surface area contributed by atoms with E-state index in [0.29, 0.717) is 23.9 Å². The van der Waals surface area contributed by atoms with Crippen LogP contribution in [0, 0.1) is 12.8 Å². The first-order chi connectivity index (χ1) is 9.83. The second-order valence-electron chi connectivity index (χ2n) is 6.03. The van der Waals surface area contributed by atoms with E-state index in [1.807, 2.05) is 19.1 Å². The Morgan fingerprint density at radius 2 is 2.14 bits per heavy atom. The lowest BCUT2D eigenvalue weighted by atomic mass is 10.0. The van der Waals surface area contributed by atoms with Gasteiger partial charge < -0.3 is 15.4 Å². The van der Waals surface area contributed by atoms with Gasteiger partial charge in [0, 0.05) is 6.54 Å². The summed E-state index contributed by atoms with van der Waals surface area (Å²) in [7, 11) is 0. The van der Waals surface area contributed by atoms with Crippen molar-refractivity contribution >= 4 is 17.5 Å². The molecule has 1 heterocycles. The molecule has 0 radical (unpaired) electrons. The second kappa shape index (κ2) is 5.76. The van der Waals surface area contributed by atoms with E-state index in [1.54, 1.807) is 6.07 Å². The van der Waals surface area contributed by atoms with E-state index >= 15 is 0 Å². The van der Waals surface area contributed by atoms with Gasteiger partial charge in [0.1, 0.15) is 5.75 Å². The molecule has 0 aromatic heterocycles. The van der Waals surface area contributed by atoms with E-state index < -0.39 is 17.4 Å². The Labute approximate surface area is 125 Å². The number of carbonyl (C=O) groups excluding carboxylic acids is 2. The zero-order valence-corrected chi connectivity index (χ0v) is 12.9. The molecule has 1 aliphatic rings. The van der Waals surface area contributed by atoms with E-state index in [1.165, 1.54) is 6.92 Å². The molecule has 1 atom stereocenters. The molecule has 0 bridgehead atoms. The molecular formula is C16H22N2O3. The summed E-state index contributed by atoms with van der Waals surface area (Å²) < 4.78 is 5.68. The number of aryl methyl sites for hydroxylation is 1. The van der Waals surface area contributed by atoms with Gasteiger partial charge in [0.2, 0.25) is 0 Å². The highest BCUT2D eigenvalue weighted by molar-refractivity contribution is 6.15. The van der Waals surface area contributed by atoms with Crippen molar-refractivity contribution in [2.45, 2.75) is 39.7 Å². The Balaban J connectivity index is 2.13. The van der Waals surface area contributed by atoms with Gasteiger partial charge in [-0.25, -0.2) is 0 Å². The van der Waals surface area contributed by atoms with Crippen LogP contribution in [0.2, 0.25) is 0 Å². The SMILES string of the molecule is Cc1ccc2c(c1)NC(=O)C(C)(C(=O)NCCC(C)C)O2. The van der Waals surface area contributed by atoms with Crippen LogP contribution >= 0.6 is 0 Å². The van der Waals surface area contributed by atoms with Crippen LogP contribution in [0.3, 0.4) is 0 Å². The third-order valence-corrected chi connectivity index (χ3v) is 3.57. The van der Waals surface area contributed by atoms with Crippen LogP contribution in [-0.2, 0) is 9.59 Å². The Kier molecular flexibility index (Phi) is 4.21. The minimum atomic E-state index is -1.53. The molecule has 5 nitrogen and oxygen atoms in total. The largest absolute Gasteiger partial charge is 0.466 e. The van der Waals surface area contributed by atoms with Crippen molar-refractivity contribution in [2.75, 3.05) is 11.9 Å². The molecule has 2 amide bonds. The number of anilines is 1. The summed E-state index contributed by atoms with van der Waals surface area (Å²) in [6.07, 6.45) is 0.860. The molecule has 0 spiro atoms. The number of fused-ring (bicyclic) bond motifs is 1. The Morgan fingerprint density at radius 1 is 1.43 bits per heavy atom. The van der Waals surface area contributed by atoms with E-state index in [2.05, 4.69) is 24.5 Å². The molecule has 1 aromatic rings. The van der Waals surface area contributed by atoms with Crippen molar-refractivity contribution in [3.05, 3.63) is 23.8 Å². The van der Waals surface area contributed by atoms with Gasteiger partial charge in [0.05, 0.1) is 5.69 Å². The molecule has 1 unspecified atom stereocenters. The Morgan fingerprint density at radius 3 is 2.81 bits per heavy atom. The lowest BCUT2D eigenvalue weighted by Crippen LogP contribution is -2.58. The Bertz CT molecular complexity index is 569. The van der Waals surface area contributed by atoms with Crippen molar-refractivity contribution in [3.8, 4) is 5.75 Å². The predicted octanol–water partition coefficient (Wildman–Crippen LogP) is 2.25. The lowest BCUT2D eigenvalue weighted by Gasteiger charge is -2.33. The smallest absolute Gasteiger partial charge is 0.278 e. The molecule has 21 heavy (non-hydrogen) atoms. The first-order valence-corrected chi connectivity index (χ1v) is 7.22. The summed E-state index contributed by atoms with van der Waals surface area (Å²) in [4.78, 5) is 24.5. The minimum absolute atomic E-state index is 0.410. The van der Waals surface area contributed by atoms with Gasteiger partial charge in [-0.3, -0.25) is 9.59 Å². The summed E-state index contributed by atoms with van der Waals surface area (Å²) in [5, 5.41) is 5.52. The molecule has 5 heteroatoms. The van der Waals surface area contributed by atoms with Crippen molar-refractivity contribution in [2.24, 2.45) is 5.92 Å². The highest BCUT2D eigenvalue weighted by atomic mass is 16.5. The zero-order chi connectivity index (χ0) is 15.6. The van der Waals surface area contributed by atoms with Crippen molar-refractivity contribution in [1.29, 1.82) is 0 Å². The van der Waals surface area contributed by atoms with E-state index in [-0.39, 0.29) is 0 Å². The number of carbonyl (C=O) groups is 2. The van der Waals surface area contributed by atoms with Gasteiger partial charge in [-0.2, -0.15) is 0 Å². The first-order valence-electron chi connectivity index (χ1n) is 7.22. The number of hydrogen-bond donors (Lipinski definition) is 2. The average molecular weight is 290 g/mol. The number of ether oxygens (including phenoxy) is 1. The molecule has 1 aromatic carbocycles. The quantitative estimate of drug-likeness (QED) is 0.836. The van der Waals surface area contributed by atoms with Crippen molar-refractivity contribution in [3.63, 3.8) is 0 Å². The molecule has 0 fully saturated rings. The highest BCUT2D eigenvalue weighted by Crippen LogP contribution is 2.34. The highest BCUT2D eigenvalue weighted by Gasteiger charge is 2.47. The third-order valence-electron chi connectivity index (χ3n) is 3.57. The van der Waals surface area contributed by atoms with Crippen molar-refractivity contribution in [1.82, 2.24) is 5.32 Å². The average Bonchev–Trinajstić information content (AvgIpc) is 2.40. The zero-order valence-electron chi connectivity index (χ0n) is 12.9. The van der Waals surface area contributed by atoms with E-state index in [9.17, 15) is 9.59 Å². The van der Waals surface area contributed by atoms with Crippen LogP contribution < -0.4 is 15.4 Å². The lowest BCUT2D eigenvalue weighted by molar-refractivity contribution is -0.146. The number of benzene rings is 1. The molecule has 0 aliphatic carbocycles. The van der Waals surface area contributed by atoms with Crippen LogP contribution in [0.4, 0.5) is 5.69 Å². The van der Waals surface area contributed by atoms with Crippen LogP contribution in [0.15, 0.2) is 18.2 Å². The summed E-state index contributed by atoms with van der Waals surface area (Å²) in [5.74, 6) is 0.152. The normalized spacial score (nSPS) is 20.5. The fraction of sp³-hybridized carbons (Fsp3) is 0.500. The Hall–Kier alpha value is -2.04. The topological polar surface area (TPSA) is 67.4 Å². The van der Waals surface area contributed by atoms with Crippen LogP contribution in [0.25, 0.3) is 0 Å². The predicted molar refractivity (Wildman–Crippen MR) is 81.3 cm³/mol. The van der Waals surface area contributed by atoms with Gasteiger partial charge in [-0.05, 0) is 43.9 Å². The summed E-state index contributed by atoms with van der Waals surface area (Å²) in [6.45, 7) is 8.12. The monoisotopic (exact) mass is 290 g/mol. The first kappa shape index (κ1) is 15.4. The molecule has 2 rings (SSSR count). The van der Waals surface area contributed by atoms with Crippen LogP contribution in [0.1, 0.15) is 32.8 Å². The maximum absolute atomic E-state index is 12.3. The number of nitrogens with one attached hydrogen (secondary N) is 2. The number of hydrogen-bond acceptors (Lipinski definition) is 3. The van der Waals surface area contributed by atoms with Crippen LogP contribution in [-0.4, -0.2) is 24.0 Å². The summed E-state index contributed by atoms with van der Waals surface area (Å²) in [6, 6.07) is 5.47. The van der Waals surface area contributed by atoms with Crippen molar-refractivity contribution < 1.29 is 14.3 Å². The molecule has 0 saturated carbocycles. The fourth-order valence-electron chi connectivity index (χ4n) is 2.13. The maximum Gasteiger partial charge on any atom is 0.278 e. The number of rotatable bonds is 4. The standard InChI is InChI=1S/C16H22N2O3/c1-10(2)7-8-17-14(19)16(4)15(20)18-12-9-11(3)5-6-13(12)21-16/h5-6,9-10H,7-8H2,1-4H3,(H,17,19)(H,18,20). The van der Waals surface area contributed by atoms with E-state index in [0.717, 1.165) is 12.0 Å². The van der Waals surface area contributed by atoms with Gasteiger partial charge in [-0.15, -0.1) is 0 Å². The van der Waals surface area contributed by atoms with Gasteiger partial charge in [-0.1, -0.05) is 19.9 Å². The fourth-order valence-corrected chi connectivity index (χ4v) is 2.13. The molecule has 2 N–H and O–H groups in total. The summed E-state index contributed by atoms with van der Waals surface area (Å²) >= 11 is 0. The second-order valence-corrected chi connectivity index (χ2v) is 6.03. The minimum Gasteiger partial charge on any atom is -0.466 e. The van der Waals surface area contributed by atoms with E-state index in [4.69, 9.17) is 4.74 Å². The molecule has 114 valence electrons. The van der Waals surface area contributed by atoms with Gasteiger partial charge >= 0.3 is 0 Å². The third kappa shape index (κ3) is 3.17. The van der Waals surface area contributed by atoms with Gasteiger partial charge in [0.25, 0.3) is 17.4 Å². The maximum atomic E-state index is 12.3. The summed E-state index contributed by atoms with van der Waals surface area (Å²) in [5.41, 5.74) is 0.0919. The molecule has 1 aliphatic heterocycles.